The molecule has 2 aromatic heterocycles. The summed E-state index contributed by atoms with van der Waals surface area (Å²) < 4.78 is 22.2. The molecule has 2 aromatic carbocycles. The second kappa shape index (κ2) is 25.3. The number of nitrogens with one attached hydrogen (secondary N) is 6. The van der Waals surface area contributed by atoms with E-state index < -0.39 is 29.6 Å². The maximum absolute atomic E-state index is 14.4. The summed E-state index contributed by atoms with van der Waals surface area (Å²) in [6, 6.07) is 13.3. The van der Waals surface area contributed by atoms with E-state index in [1.54, 1.807) is 42.1 Å². The van der Waals surface area contributed by atoms with Gasteiger partial charge in [0.2, 0.25) is 23.6 Å². The van der Waals surface area contributed by atoms with Crippen LogP contribution in [0.5, 0.6) is 5.75 Å². The predicted molar refractivity (Wildman–Crippen MR) is 272 cm³/mol. The Balaban J connectivity index is 0.946. The normalized spacial score (nSPS) is 19.6. The summed E-state index contributed by atoms with van der Waals surface area (Å²) in [5, 5.41) is 23.4. The smallest absolute Gasteiger partial charge is 0.259 e. The van der Waals surface area contributed by atoms with Crippen LogP contribution in [0.4, 0.5) is 10.2 Å². The van der Waals surface area contributed by atoms with Crippen molar-refractivity contribution in [2.45, 2.75) is 149 Å². The summed E-state index contributed by atoms with van der Waals surface area (Å²) in [5.74, 6) is -0.521. The number of halogens is 1. The Morgan fingerprint density at radius 1 is 0.944 bits per heavy atom. The van der Waals surface area contributed by atoms with Crippen LogP contribution in [0.3, 0.4) is 0 Å². The molecule has 4 aromatic rings. The van der Waals surface area contributed by atoms with Gasteiger partial charge in [0.15, 0.2) is 5.65 Å². The minimum Gasteiger partial charge on any atom is -0.489 e. The average molecular weight is 982 g/mol. The van der Waals surface area contributed by atoms with Crippen molar-refractivity contribution in [1.29, 1.82) is 0 Å². The van der Waals surface area contributed by atoms with E-state index in [1.807, 2.05) is 71.9 Å². The molecule has 0 spiro atoms. The third-order valence-electron chi connectivity index (χ3n) is 13.5. The van der Waals surface area contributed by atoms with Gasteiger partial charge in [-0.2, -0.15) is 5.10 Å². The molecule has 6 N–H and O–H groups in total. The maximum Gasteiger partial charge on any atom is 0.259 e. The fourth-order valence-corrected chi connectivity index (χ4v) is 9.28. The van der Waals surface area contributed by atoms with Gasteiger partial charge in [-0.25, -0.2) is 13.9 Å². The monoisotopic (exact) mass is 982 g/mol. The van der Waals surface area contributed by atoms with E-state index in [9.17, 15) is 28.4 Å². The Morgan fingerprint density at radius 2 is 1.68 bits per heavy atom. The summed E-state index contributed by atoms with van der Waals surface area (Å²) in [5.41, 5.74) is 1.72. The molecule has 2 aliphatic heterocycles. The predicted octanol–water partition coefficient (Wildman–Crippen LogP) is 6.08. The van der Waals surface area contributed by atoms with Gasteiger partial charge in [0.25, 0.3) is 5.91 Å². The van der Waals surface area contributed by atoms with Crippen molar-refractivity contribution in [1.82, 2.24) is 51.0 Å². The third kappa shape index (κ3) is 14.7. The van der Waals surface area contributed by atoms with E-state index in [1.165, 1.54) is 22.8 Å². The van der Waals surface area contributed by atoms with E-state index in [4.69, 9.17) is 4.74 Å². The Hall–Kier alpha value is -6.14. The number of unbranched alkanes of at least 4 members (excludes halogenated alkanes) is 5. The lowest BCUT2D eigenvalue weighted by Gasteiger charge is -2.36. The lowest BCUT2D eigenvalue weighted by atomic mass is 9.85. The first-order chi connectivity index (χ1) is 34.0. The number of hydrogen-bond donors (Lipinski definition) is 6. The first-order valence-corrected chi connectivity index (χ1v) is 25.5. The van der Waals surface area contributed by atoms with Gasteiger partial charge in [0, 0.05) is 43.9 Å². The molecule has 2 aliphatic rings. The van der Waals surface area contributed by atoms with Crippen molar-refractivity contribution in [3.63, 3.8) is 0 Å². The lowest BCUT2D eigenvalue weighted by molar-refractivity contribution is -0.144. The highest BCUT2D eigenvalue weighted by Crippen LogP contribution is 2.31. The quantitative estimate of drug-likeness (QED) is 0.0529. The molecule has 2 bridgehead atoms. The molecule has 0 unspecified atom stereocenters. The number of nitrogens with zero attached hydrogens (tertiary/aromatic N) is 5. The summed E-state index contributed by atoms with van der Waals surface area (Å²) in [7, 11) is 1.70. The van der Waals surface area contributed by atoms with E-state index in [0.29, 0.717) is 54.1 Å². The molecule has 1 fully saturated rings. The number of carbonyl (C=O) groups is 5. The van der Waals surface area contributed by atoms with Gasteiger partial charge in [-0.05, 0) is 95.3 Å². The van der Waals surface area contributed by atoms with Crippen molar-refractivity contribution in [2.75, 3.05) is 45.1 Å². The van der Waals surface area contributed by atoms with Crippen LogP contribution in [0.15, 0.2) is 67.0 Å². The minimum absolute atomic E-state index is 0.0832. The summed E-state index contributed by atoms with van der Waals surface area (Å²) in [6.07, 6.45) is 9.81. The number of benzene rings is 2. The Labute approximate surface area is 418 Å². The molecule has 5 amide bonds. The fourth-order valence-electron chi connectivity index (χ4n) is 9.28. The number of anilines is 1. The number of rotatable bonds is 21. The zero-order valence-corrected chi connectivity index (χ0v) is 42.9. The number of carbonyl (C=O) groups excluding carboxylic acids is 5. The first-order valence-electron chi connectivity index (χ1n) is 25.5. The highest BCUT2D eigenvalue weighted by molar-refractivity contribution is 6.00. The Morgan fingerprint density at radius 3 is 2.39 bits per heavy atom. The molecular formula is C53H76FN11O6. The van der Waals surface area contributed by atoms with Crippen molar-refractivity contribution < 1.29 is 33.1 Å². The third-order valence-corrected chi connectivity index (χ3v) is 13.5. The van der Waals surface area contributed by atoms with Gasteiger partial charge in [-0.15, -0.1) is 0 Å². The molecule has 0 radical (unpaired) electrons. The lowest BCUT2D eigenvalue weighted by Crippen LogP contribution is -2.59. The van der Waals surface area contributed by atoms with Crippen molar-refractivity contribution >= 4 is 41.0 Å². The molecule has 6 rings (SSSR count). The molecule has 386 valence electrons. The molecule has 18 heteroatoms. The van der Waals surface area contributed by atoms with Crippen LogP contribution in [0.25, 0.3) is 5.65 Å². The fraction of sp³-hybridized carbons (Fsp3) is 0.566. The first kappa shape index (κ1) is 54.2. The minimum atomic E-state index is -0.829. The second-order valence-corrected chi connectivity index (χ2v) is 20.2. The van der Waals surface area contributed by atoms with E-state index in [0.717, 1.165) is 50.6 Å². The van der Waals surface area contributed by atoms with Crippen molar-refractivity contribution in [3.05, 3.63) is 89.5 Å². The van der Waals surface area contributed by atoms with Crippen LogP contribution in [-0.2, 0) is 19.2 Å². The standard InChI is InChI=1S/C53H76FN11O6/c1-9-42(37-19-15-14-16-20-37)60-50(68)43-30-39(33-64(43)52(70)47(53(5,6)7)62-49(67)36(4)55-8)56-25-18-13-11-10-12-17-21-46(66)57-26-28-63-32-34(2)71-44-23-22-38(54)29-40(44)35(3)59-45-24-27-65-48(61-45)41(31-58-65)51(63)69/h14-16,19-20,22-24,27,29,31,34-36,39,42-43,47,55-56H,9-13,17-18,21,25-26,28,30,32-33H2,1-8H3,(H,57,66)(H,59,61)(H,60,68)(H,62,67)/t34-,35+,36-,39-,42+,43-,47+/m0/s1. The molecule has 71 heavy (non-hydrogen) atoms. The molecule has 1 saturated heterocycles. The number of aromatic nitrogens is 3. The van der Waals surface area contributed by atoms with Gasteiger partial charge in [-0.1, -0.05) is 83.7 Å². The summed E-state index contributed by atoms with van der Waals surface area (Å²) in [4.78, 5) is 76.4. The molecular weight excluding hydrogens is 906 g/mol. The van der Waals surface area contributed by atoms with Gasteiger partial charge < -0.3 is 46.4 Å². The number of amides is 5. The zero-order chi connectivity index (χ0) is 51.2. The van der Waals surface area contributed by atoms with E-state index in [2.05, 4.69) is 42.0 Å². The molecule has 17 nitrogen and oxygen atoms in total. The van der Waals surface area contributed by atoms with Gasteiger partial charge in [0.05, 0.1) is 30.9 Å². The SMILES string of the molecule is CC[C@@H](NC(=O)[C@@H]1C[C@H](NCCCCCCCCC(=O)NCCN2C[C@H](C)Oc3ccc(F)cc3[C@@H](C)Nc3ccn4ncc(c4n3)C2=O)CN1C(=O)[C@@H](NC(=O)[C@H](C)NC)C(C)(C)C)c1ccccc1. The summed E-state index contributed by atoms with van der Waals surface area (Å²) in [6.45, 7) is 15.0. The number of hydrogen-bond acceptors (Lipinski definition) is 11. The zero-order valence-electron chi connectivity index (χ0n) is 42.9. The Bertz CT molecular complexity index is 2430. The Kier molecular flexibility index (Phi) is 19.3. The largest absolute Gasteiger partial charge is 0.489 e. The highest BCUT2D eigenvalue weighted by atomic mass is 19.1. The van der Waals surface area contributed by atoms with Gasteiger partial charge in [0.1, 0.15) is 41.1 Å². The molecule has 0 aliphatic carbocycles. The van der Waals surface area contributed by atoms with Crippen LogP contribution in [0, 0.1) is 11.2 Å². The van der Waals surface area contributed by atoms with Crippen LogP contribution < -0.4 is 36.6 Å². The number of likely N-dealkylation sites (tertiary alicyclic amines) is 1. The second-order valence-electron chi connectivity index (χ2n) is 20.2. The average Bonchev–Trinajstić information content (AvgIpc) is 3.98. The topological polar surface area (TPSA) is 203 Å². The van der Waals surface area contributed by atoms with Crippen LogP contribution in [-0.4, -0.2) is 124 Å². The summed E-state index contributed by atoms with van der Waals surface area (Å²) >= 11 is 0. The van der Waals surface area contributed by atoms with Crippen LogP contribution >= 0.6 is 0 Å². The van der Waals surface area contributed by atoms with Gasteiger partial charge >= 0.3 is 0 Å². The van der Waals surface area contributed by atoms with Crippen molar-refractivity contribution in [3.8, 4) is 5.75 Å². The van der Waals surface area contributed by atoms with Gasteiger partial charge in [-0.3, -0.25) is 24.0 Å². The maximum atomic E-state index is 14.4. The molecule has 0 saturated carbocycles. The van der Waals surface area contributed by atoms with E-state index in [-0.39, 0.29) is 73.1 Å². The number of ether oxygens (including phenoxy) is 1. The number of fused-ring (bicyclic) bond motifs is 2. The molecule has 7 atom stereocenters. The highest BCUT2D eigenvalue weighted by Gasteiger charge is 2.45. The van der Waals surface area contributed by atoms with E-state index >= 15 is 0 Å². The van der Waals surface area contributed by atoms with Crippen LogP contribution in [0.1, 0.15) is 140 Å². The number of likely N-dealkylation sites (N-methyl/N-ethyl adjacent to an activating group) is 1. The molecule has 4 heterocycles. The van der Waals surface area contributed by atoms with Crippen LogP contribution in [0.2, 0.25) is 0 Å². The van der Waals surface area contributed by atoms with Crippen molar-refractivity contribution in [2.24, 2.45) is 5.41 Å².